The zero-order valence-corrected chi connectivity index (χ0v) is 15.6. The third-order valence-corrected chi connectivity index (χ3v) is 4.98. The topological polar surface area (TPSA) is 47.4 Å². The van der Waals surface area contributed by atoms with Crippen LogP contribution in [0.25, 0.3) is 0 Å². The third kappa shape index (κ3) is 4.94. The number of hydrogen-bond acceptors (Lipinski definition) is 3. The molecule has 1 atom stereocenters. The molecule has 0 radical (unpaired) electrons. The first-order valence-electron chi connectivity index (χ1n) is 9.68. The van der Waals surface area contributed by atoms with Crippen molar-refractivity contribution in [3.8, 4) is 0 Å². The summed E-state index contributed by atoms with van der Waals surface area (Å²) in [6.07, 6.45) is 8.40. The first-order valence-corrected chi connectivity index (χ1v) is 9.68. The lowest BCUT2D eigenvalue weighted by atomic mass is 9.97. The largest absolute Gasteiger partial charge is 0.367 e. The van der Waals surface area contributed by atoms with Gasteiger partial charge in [0.1, 0.15) is 12.4 Å². The van der Waals surface area contributed by atoms with Crippen LogP contribution in [-0.4, -0.2) is 40.1 Å². The van der Waals surface area contributed by atoms with Gasteiger partial charge in [-0.25, -0.2) is 4.98 Å². The Morgan fingerprint density at radius 2 is 2.15 bits per heavy atom. The minimum atomic E-state index is 0.0808. The standard InChI is InChI=1S/C21H29N3O2/c1-2-3-12-23-14-11-22-21(23)19-10-7-13-24(15-19)20(25)17-26-16-18-8-5-4-6-9-18/h4-6,8-9,11,14,19H,2-3,7,10,12-13,15-17H2,1H3. The highest BCUT2D eigenvalue weighted by atomic mass is 16.5. The van der Waals surface area contributed by atoms with E-state index in [0.29, 0.717) is 12.5 Å². The Balaban J connectivity index is 1.51. The second-order valence-corrected chi connectivity index (χ2v) is 6.99. The summed E-state index contributed by atoms with van der Waals surface area (Å²) in [5, 5.41) is 0. The van der Waals surface area contributed by atoms with Crippen molar-refractivity contribution < 1.29 is 9.53 Å². The maximum absolute atomic E-state index is 12.5. The van der Waals surface area contributed by atoms with Crippen molar-refractivity contribution in [2.75, 3.05) is 19.7 Å². The van der Waals surface area contributed by atoms with Crippen LogP contribution < -0.4 is 0 Å². The zero-order chi connectivity index (χ0) is 18.2. The maximum atomic E-state index is 12.5. The number of imidazole rings is 1. The van der Waals surface area contributed by atoms with E-state index in [1.807, 2.05) is 41.4 Å². The molecule has 3 rings (SSSR count). The second kappa shape index (κ2) is 9.53. The quantitative estimate of drug-likeness (QED) is 0.727. The molecule has 2 heterocycles. The first-order chi connectivity index (χ1) is 12.8. The fourth-order valence-electron chi connectivity index (χ4n) is 3.53. The van der Waals surface area contributed by atoms with Crippen LogP contribution in [0.1, 0.15) is 49.9 Å². The highest BCUT2D eigenvalue weighted by Gasteiger charge is 2.27. The maximum Gasteiger partial charge on any atom is 0.248 e. The molecule has 1 unspecified atom stereocenters. The summed E-state index contributed by atoms with van der Waals surface area (Å²) in [5.74, 6) is 1.53. The molecule has 0 aliphatic carbocycles. The Kier molecular flexibility index (Phi) is 6.83. The fraction of sp³-hybridized carbons (Fsp3) is 0.524. The molecule has 0 N–H and O–H groups in total. The summed E-state index contributed by atoms with van der Waals surface area (Å²) < 4.78 is 7.88. The summed E-state index contributed by atoms with van der Waals surface area (Å²) in [4.78, 5) is 19.1. The van der Waals surface area contributed by atoms with Gasteiger partial charge in [-0.3, -0.25) is 4.79 Å². The predicted molar refractivity (Wildman–Crippen MR) is 102 cm³/mol. The lowest BCUT2D eigenvalue weighted by Gasteiger charge is -2.32. The van der Waals surface area contributed by atoms with Gasteiger partial charge in [-0.15, -0.1) is 0 Å². The molecule has 2 aromatic rings. The fourth-order valence-corrected chi connectivity index (χ4v) is 3.53. The average molecular weight is 355 g/mol. The van der Waals surface area contributed by atoms with Gasteiger partial charge >= 0.3 is 0 Å². The minimum Gasteiger partial charge on any atom is -0.367 e. The van der Waals surface area contributed by atoms with E-state index in [2.05, 4.69) is 22.7 Å². The molecule has 1 aromatic heterocycles. The van der Waals surface area contributed by atoms with Crippen LogP contribution in [0.5, 0.6) is 0 Å². The zero-order valence-electron chi connectivity index (χ0n) is 15.6. The number of aryl methyl sites for hydroxylation is 1. The van der Waals surface area contributed by atoms with Crippen molar-refractivity contribution in [2.45, 2.75) is 51.7 Å². The van der Waals surface area contributed by atoms with E-state index < -0.39 is 0 Å². The lowest BCUT2D eigenvalue weighted by Crippen LogP contribution is -2.41. The second-order valence-electron chi connectivity index (χ2n) is 6.99. The third-order valence-electron chi connectivity index (χ3n) is 4.98. The van der Waals surface area contributed by atoms with Crippen molar-refractivity contribution in [1.29, 1.82) is 0 Å². The van der Waals surface area contributed by atoms with E-state index in [9.17, 15) is 4.79 Å². The van der Waals surface area contributed by atoms with Crippen LogP contribution in [0.4, 0.5) is 0 Å². The highest BCUT2D eigenvalue weighted by Crippen LogP contribution is 2.26. The minimum absolute atomic E-state index is 0.0808. The van der Waals surface area contributed by atoms with Crippen molar-refractivity contribution in [2.24, 2.45) is 0 Å². The van der Waals surface area contributed by atoms with Crippen molar-refractivity contribution in [3.05, 3.63) is 54.1 Å². The predicted octanol–water partition coefficient (Wildman–Crippen LogP) is 3.61. The number of hydrogen-bond donors (Lipinski definition) is 0. The van der Waals surface area contributed by atoms with E-state index in [1.165, 1.54) is 6.42 Å². The molecule has 140 valence electrons. The van der Waals surface area contributed by atoms with Gasteiger partial charge in [0.2, 0.25) is 5.91 Å². The van der Waals surface area contributed by atoms with Crippen LogP contribution in [0.3, 0.4) is 0 Å². The molecule has 5 nitrogen and oxygen atoms in total. The molecule has 1 aromatic carbocycles. The molecule has 0 saturated carbocycles. The number of aromatic nitrogens is 2. The van der Waals surface area contributed by atoms with Crippen LogP contribution in [0.2, 0.25) is 0 Å². The van der Waals surface area contributed by atoms with Gasteiger partial charge in [-0.2, -0.15) is 0 Å². The van der Waals surface area contributed by atoms with Crippen LogP contribution >= 0.6 is 0 Å². The number of ether oxygens (including phenoxy) is 1. The molecule has 1 fully saturated rings. The molecule has 5 heteroatoms. The van der Waals surface area contributed by atoms with Gasteiger partial charge < -0.3 is 14.2 Å². The number of nitrogens with zero attached hydrogens (tertiary/aromatic N) is 3. The Morgan fingerprint density at radius 1 is 1.31 bits per heavy atom. The summed E-state index contributed by atoms with van der Waals surface area (Å²) >= 11 is 0. The number of rotatable bonds is 8. The number of piperidine rings is 1. The average Bonchev–Trinajstić information content (AvgIpc) is 3.16. The van der Waals surface area contributed by atoms with Gasteiger partial charge in [0.25, 0.3) is 0 Å². The molecule has 0 bridgehead atoms. The van der Waals surface area contributed by atoms with Gasteiger partial charge in [-0.1, -0.05) is 43.7 Å². The summed E-state index contributed by atoms with van der Waals surface area (Å²) in [7, 11) is 0. The van der Waals surface area contributed by atoms with E-state index in [1.54, 1.807) is 0 Å². The van der Waals surface area contributed by atoms with Crippen LogP contribution in [-0.2, 0) is 22.7 Å². The molecule has 0 spiro atoms. The highest BCUT2D eigenvalue weighted by molar-refractivity contribution is 5.77. The van der Waals surface area contributed by atoms with E-state index >= 15 is 0 Å². The molecular formula is C21H29N3O2. The summed E-state index contributed by atoms with van der Waals surface area (Å²) in [6.45, 7) is 5.40. The number of amides is 1. The molecule has 1 aliphatic rings. The first kappa shape index (κ1) is 18.6. The number of unbranched alkanes of at least 4 members (excludes halogenated alkanes) is 1. The van der Waals surface area contributed by atoms with Crippen LogP contribution in [0, 0.1) is 0 Å². The summed E-state index contributed by atoms with van der Waals surface area (Å²) in [5.41, 5.74) is 1.09. The van der Waals surface area contributed by atoms with Crippen molar-refractivity contribution in [1.82, 2.24) is 14.5 Å². The molecule has 26 heavy (non-hydrogen) atoms. The van der Waals surface area contributed by atoms with Crippen molar-refractivity contribution >= 4 is 5.91 Å². The lowest BCUT2D eigenvalue weighted by molar-refractivity contribution is -0.137. The van der Waals surface area contributed by atoms with E-state index in [-0.39, 0.29) is 12.5 Å². The number of benzene rings is 1. The number of carbonyl (C=O) groups excluding carboxylic acids is 1. The molecule has 1 amide bonds. The van der Waals surface area contributed by atoms with Crippen molar-refractivity contribution in [3.63, 3.8) is 0 Å². The Labute approximate surface area is 156 Å². The Bertz CT molecular complexity index is 684. The molecular weight excluding hydrogens is 326 g/mol. The monoisotopic (exact) mass is 355 g/mol. The number of likely N-dealkylation sites (tertiary alicyclic amines) is 1. The summed E-state index contributed by atoms with van der Waals surface area (Å²) in [6, 6.07) is 9.97. The smallest absolute Gasteiger partial charge is 0.248 e. The van der Waals surface area contributed by atoms with Gasteiger partial charge in [-0.05, 0) is 24.8 Å². The molecule has 1 saturated heterocycles. The number of carbonyl (C=O) groups is 1. The van der Waals surface area contributed by atoms with E-state index in [4.69, 9.17) is 4.74 Å². The Hall–Kier alpha value is -2.14. The van der Waals surface area contributed by atoms with E-state index in [0.717, 1.165) is 50.3 Å². The van der Waals surface area contributed by atoms with Gasteiger partial charge in [0, 0.05) is 37.9 Å². The normalized spacial score (nSPS) is 17.4. The van der Waals surface area contributed by atoms with Gasteiger partial charge in [0.15, 0.2) is 0 Å². The van der Waals surface area contributed by atoms with Crippen LogP contribution in [0.15, 0.2) is 42.7 Å². The molecule has 1 aliphatic heterocycles. The van der Waals surface area contributed by atoms with Gasteiger partial charge in [0.05, 0.1) is 6.61 Å². The Morgan fingerprint density at radius 3 is 2.96 bits per heavy atom. The SMILES string of the molecule is CCCCn1ccnc1C1CCCN(C(=O)COCc2ccccc2)C1.